The molecule has 3 saturated carbocycles. The third-order valence-corrected chi connectivity index (χ3v) is 11.6. The van der Waals surface area contributed by atoms with Crippen molar-refractivity contribution in [3.8, 4) is 0 Å². The van der Waals surface area contributed by atoms with Crippen LogP contribution in [-0.2, 0) is 4.74 Å². The Hall–Kier alpha value is -1.03. The minimum atomic E-state index is -0.262. The maximum atomic E-state index is 12.7. The van der Waals surface area contributed by atoms with Crippen molar-refractivity contribution in [2.75, 3.05) is 13.1 Å². The van der Waals surface area contributed by atoms with Crippen LogP contribution >= 0.6 is 0 Å². The average molecular weight is 486 g/mol. The number of likely N-dealkylation sites (tertiary alicyclic amines) is 1. The van der Waals surface area contributed by atoms with Crippen LogP contribution in [0.5, 0.6) is 0 Å². The normalized spacial score (nSPS) is 41.7. The number of nitrogens with zero attached hydrogens (tertiary/aromatic N) is 1. The van der Waals surface area contributed by atoms with Crippen LogP contribution < -0.4 is 0 Å². The van der Waals surface area contributed by atoms with Crippen LogP contribution in [-0.4, -0.2) is 41.4 Å². The zero-order chi connectivity index (χ0) is 24.8. The standard InChI is InChI=1S/C31H51NO3/c1-21(2)6-5-7-22-9-11-27-26-10-8-23-20-25(35-29(34)32-18-14-24(33)15-19-32)12-16-31(23,4)28(26)13-17-30(22,27)3/h8,21-22,24-28,33H,5-7,9-20H2,1-4H3/t22?,25-,26?,27?,28?,30+,31-/m1/s1. The summed E-state index contributed by atoms with van der Waals surface area (Å²) in [6.07, 6.45) is 17.9. The van der Waals surface area contributed by atoms with Gasteiger partial charge in [0.25, 0.3) is 0 Å². The van der Waals surface area contributed by atoms with E-state index in [2.05, 4.69) is 33.8 Å². The number of hydrogen-bond donors (Lipinski definition) is 1. The Morgan fingerprint density at radius 2 is 1.86 bits per heavy atom. The third-order valence-electron chi connectivity index (χ3n) is 11.6. The summed E-state index contributed by atoms with van der Waals surface area (Å²) in [7, 11) is 0. The minimum Gasteiger partial charge on any atom is -0.446 e. The maximum Gasteiger partial charge on any atom is 0.410 e. The zero-order valence-electron chi connectivity index (χ0n) is 22.9. The fourth-order valence-corrected chi connectivity index (χ4v) is 9.35. The summed E-state index contributed by atoms with van der Waals surface area (Å²) in [5.74, 6) is 4.35. The monoisotopic (exact) mass is 485 g/mol. The topological polar surface area (TPSA) is 49.8 Å². The van der Waals surface area contributed by atoms with Gasteiger partial charge >= 0.3 is 6.09 Å². The lowest BCUT2D eigenvalue weighted by Crippen LogP contribution is -2.51. The SMILES string of the molecule is CC(C)CCCC1CCC2C3CC=C4C[C@H](OC(=O)N5CCC(O)CC5)CC[C@@]4(C)C3CC[C@@]12C. The first kappa shape index (κ1) is 25.6. The molecule has 7 atom stereocenters. The Morgan fingerprint density at radius 3 is 2.60 bits per heavy atom. The Bertz CT molecular complexity index is 799. The molecule has 5 aliphatic rings. The molecule has 0 bridgehead atoms. The lowest BCUT2D eigenvalue weighted by molar-refractivity contribution is -0.0540. The quantitative estimate of drug-likeness (QED) is 0.414. The van der Waals surface area contributed by atoms with E-state index in [1.54, 1.807) is 10.5 Å². The first-order valence-corrected chi connectivity index (χ1v) is 15.0. The molecule has 4 aliphatic carbocycles. The van der Waals surface area contributed by atoms with E-state index >= 15 is 0 Å². The summed E-state index contributed by atoms with van der Waals surface area (Å²) in [4.78, 5) is 14.5. The van der Waals surface area contributed by atoms with Gasteiger partial charge in [0.2, 0.25) is 0 Å². The number of rotatable bonds is 5. The number of fused-ring (bicyclic) bond motifs is 5. The predicted octanol–water partition coefficient (Wildman–Crippen LogP) is 7.35. The first-order valence-electron chi connectivity index (χ1n) is 15.0. The maximum absolute atomic E-state index is 12.7. The van der Waals surface area contributed by atoms with Crippen LogP contribution in [0.1, 0.15) is 111 Å². The van der Waals surface area contributed by atoms with E-state index in [0.29, 0.717) is 36.8 Å². The van der Waals surface area contributed by atoms with Gasteiger partial charge in [0.05, 0.1) is 6.10 Å². The van der Waals surface area contributed by atoms with Gasteiger partial charge in [-0.1, -0.05) is 52.2 Å². The summed E-state index contributed by atoms with van der Waals surface area (Å²) in [5.41, 5.74) is 2.46. The smallest absolute Gasteiger partial charge is 0.410 e. The van der Waals surface area contributed by atoms with Crippen molar-refractivity contribution >= 4 is 6.09 Å². The minimum absolute atomic E-state index is 0.0240. The first-order chi connectivity index (χ1) is 16.7. The number of aliphatic hydroxyl groups is 1. The van der Waals surface area contributed by atoms with Crippen molar-refractivity contribution in [2.45, 2.75) is 123 Å². The number of amides is 1. The van der Waals surface area contributed by atoms with Gasteiger partial charge in [-0.15, -0.1) is 0 Å². The molecule has 0 aromatic rings. The molecule has 198 valence electrons. The molecular formula is C31H51NO3. The summed E-state index contributed by atoms with van der Waals surface area (Å²) in [6.45, 7) is 11.2. The van der Waals surface area contributed by atoms with E-state index in [9.17, 15) is 9.90 Å². The van der Waals surface area contributed by atoms with E-state index in [-0.39, 0.29) is 18.3 Å². The summed E-state index contributed by atoms with van der Waals surface area (Å²) >= 11 is 0. The second kappa shape index (κ2) is 10.0. The molecule has 35 heavy (non-hydrogen) atoms. The van der Waals surface area contributed by atoms with Crippen LogP contribution in [0, 0.1) is 40.4 Å². The largest absolute Gasteiger partial charge is 0.446 e. The summed E-state index contributed by atoms with van der Waals surface area (Å²) in [5, 5.41) is 9.74. The van der Waals surface area contributed by atoms with Crippen LogP contribution in [0.25, 0.3) is 0 Å². The number of hydrogen-bond acceptors (Lipinski definition) is 3. The molecule has 4 unspecified atom stereocenters. The number of allylic oxidation sites excluding steroid dienone is 1. The zero-order valence-corrected chi connectivity index (χ0v) is 22.9. The van der Waals surface area contributed by atoms with E-state index in [0.717, 1.165) is 48.9 Å². The Morgan fingerprint density at radius 1 is 1.09 bits per heavy atom. The van der Waals surface area contributed by atoms with E-state index in [1.165, 1.54) is 51.4 Å². The molecule has 0 aromatic carbocycles. The van der Waals surface area contributed by atoms with Gasteiger partial charge in [-0.25, -0.2) is 4.79 Å². The van der Waals surface area contributed by atoms with Crippen molar-refractivity contribution in [3.05, 3.63) is 11.6 Å². The molecule has 0 spiro atoms. The molecule has 0 radical (unpaired) electrons. The van der Waals surface area contributed by atoms with Crippen molar-refractivity contribution in [1.82, 2.24) is 4.90 Å². The highest BCUT2D eigenvalue weighted by molar-refractivity contribution is 5.68. The number of piperidine rings is 1. The van der Waals surface area contributed by atoms with Crippen molar-refractivity contribution in [2.24, 2.45) is 40.4 Å². The van der Waals surface area contributed by atoms with Crippen molar-refractivity contribution in [1.29, 1.82) is 0 Å². The Balaban J connectivity index is 1.22. The van der Waals surface area contributed by atoms with Crippen molar-refractivity contribution < 1.29 is 14.6 Å². The Kier molecular flexibility index (Phi) is 7.34. The van der Waals surface area contributed by atoms with Crippen LogP contribution in [0.3, 0.4) is 0 Å². The summed E-state index contributed by atoms with van der Waals surface area (Å²) in [6, 6.07) is 0. The highest BCUT2D eigenvalue weighted by Gasteiger charge is 2.58. The van der Waals surface area contributed by atoms with Gasteiger partial charge in [-0.3, -0.25) is 0 Å². The fraction of sp³-hybridized carbons (Fsp3) is 0.903. The van der Waals surface area contributed by atoms with Crippen LogP contribution in [0.2, 0.25) is 0 Å². The second-order valence-electron chi connectivity index (χ2n) is 13.9. The highest BCUT2D eigenvalue weighted by Crippen LogP contribution is 2.66. The lowest BCUT2D eigenvalue weighted by atomic mass is 9.47. The van der Waals surface area contributed by atoms with Gasteiger partial charge < -0.3 is 14.7 Å². The van der Waals surface area contributed by atoms with E-state index < -0.39 is 0 Å². The molecule has 1 amide bonds. The second-order valence-corrected chi connectivity index (χ2v) is 13.9. The van der Waals surface area contributed by atoms with Gasteiger partial charge in [0.1, 0.15) is 6.10 Å². The third kappa shape index (κ3) is 4.82. The lowest BCUT2D eigenvalue weighted by Gasteiger charge is -2.58. The molecule has 1 aliphatic heterocycles. The molecule has 5 rings (SSSR count). The van der Waals surface area contributed by atoms with Crippen LogP contribution in [0.15, 0.2) is 11.6 Å². The molecule has 0 aromatic heterocycles. The van der Waals surface area contributed by atoms with Gasteiger partial charge in [-0.05, 0) is 105 Å². The van der Waals surface area contributed by atoms with E-state index in [4.69, 9.17) is 4.74 Å². The highest BCUT2D eigenvalue weighted by atomic mass is 16.6. The molecule has 1 saturated heterocycles. The predicted molar refractivity (Wildman–Crippen MR) is 141 cm³/mol. The molecule has 4 fully saturated rings. The molecule has 1 heterocycles. The van der Waals surface area contributed by atoms with Gasteiger partial charge in [0, 0.05) is 19.5 Å². The van der Waals surface area contributed by atoms with E-state index in [1.807, 2.05) is 0 Å². The number of carbonyl (C=O) groups excluding carboxylic acids is 1. The number of carbonyl (C=O) groups is 1. The average Bonchev–Trinajstić information content (AvgIpc) is 3.16. The van der Waals surface area contributed by atoms with Crippen molar-refractivity contribution in [3.63, 3.8) is 0 Å². The van der Waals surface area contributed by atoms with Gasteiger partial charge in [-0.2, -0.15) is 0 Å². The van der Waals surface area contributed by atoms with Gasteiger partial charge in [0.15, 0.2) is 0 Å². The number of aliphatic hydroxyl groups excluding tert-OH is 1. The van der Waals surface area contributed by atoms with Crippen LogP contribution in [0.4, 0.5) is 4.79 Å². The molecule has 4 nitrogen and oxygen atoms in total. The molecule has 1 N–H and O–H groups in total. The fourth-order valence-electron chi connectivity index (χ4n) is 9.35. The molecule has 4 heteroatoms. The Labute approximate surface area is 214 Å². The summed E-state index contributed by atoms with van der Waals surface area (Å²) < 4.78 is 6.01. The number of ether oxygens (including phenoxy) is 1. The molecular weight excluding hydrogens is 434 g/mol.